The first-order valence-electron chi connectivity index (χ1n) is 8.32. The predicted molar refractivity (Wildman–Crippen MR) is 84.7 cm³/mol. The van der Waals surface area contributed by atoms with Crippen molar-refractivity contribution in [2.75, 3.05) is 6.54 Å². The van der Waals surface area contributed by atoms with Crippen molar-refractivity contribution in [2.45, 2.75) is 72.4 Å². The van der Waals surface area contributed by atoms with E-state index in [1.165, 1.54) is 31.4 Å². The molecule has 0 saturated heterocycles. The van der Waals surface area contributed by atoms with Crippen molar-refractivity contribution in [3.63, 3.8) is 0 Å². The molecule has 0 aliphatic heterocycles. The number of nitrogens with zero attached hydrogens (tertiary/aromatic N) is 2. The standard InChI is InChI=1S/C17H31N3/c1-5-13-20-15(9-12-19-20)16(18-6-2)14-7-10-17(3,4)11-8-14/h9,12,14,16,18H,5-8,10-11,13H2,1-4H3. The Morgan fingerprint density at radius 3 is 2.65 bits per heavy atom. The molecule has 2 rings (SSSR count). The summed E-state index contributed by atoms with van der Waals surface area (Å²) >= 11 is 0. The molecule has 1 unspecified atom stereocenters. The van der Waals surface area contributed by atoms with Crippen LogP contribution in [0.4, 0.5) is 0 Å². The topological polar surface area (TPSA) is 29.9 Å². The lowest BCUT2D eigenvalue weighted by atomic mass is 9.70. The number of rotatable bonds is 6. The van der Waals surface area contributed by atoms with Gasteiger partial charge in [0, 0.05) is 12.7 Å². The fraction of sp³-hybridized carbons (Fsp3) is 0.824. The first-order chi connectivity index (χ1) is 9.57. The summed E-state index contributed by atoms with van der Waals surface area (Å²) in [5.41, 5.74) is 1.93. The Kier molecular flexibility index (Phi) is 5.25. The molecule has 0 amide bonds. The van der Waals surface area contributed by atoms with E-state index in [2.05, 4.69) is 48.9 Å². The number of hydrogen-bond acceptors (Lipinski definition) is 2. The van der Waals surface area contributed by atoms with Crippen LogP contribution in [0.15, 0.2) is 12.3 Å². The minimum Gasteiger partial charge on any atom is -0.309 e. The number of nitrogens with one attached hydrogen (secondary N) is 1. The van der Waals surface area contributed by atoms with E-state index in [9.17, 15) is 0 Å². The van der Waals surface area contributed by atoms with Gasteiger partial charge in [-0.25, -0.2) is 0 Å². The molecule has 1 aliphatic carbocycles. The molecule has 1 fully saturated rings. The van der Waals surface area contributed by atoms with Gasteiger partial charge >= 0.3 is 0 Å². The predicted octanol–water partition coefficient (Wildman–Crippen LogP) is 4.16. The average molecular weight is 277 g/mol. The molecule has 0 spiro atoms. The van der Waals surface area contributed by atoms with Gasteiger partial charge in [-0.05, 0) is 56.0 Å². The van der Waals surface area contributed by atoms with E-state index >= 15 is 0 Å². The second kappa shape index (κ2) is 6.75. The number of aryl methyl sites for hydroxylation is 1. The molecule has 1 N–H and O–H groups in total. The van der Waals surface area contributed by atoms with E-state index in [1.807, 2.05) is 6.20 Å². The van der Waals surface area contributed by atoms with E-state index in [4.69, 9.17) is 0 Å². The molecule has 0 bridgehead atoms. The Bertz CT molecular complexity index is 398. The van der Waals surface area contributed by atoms with E-state index in [1.54, 1.807) is 0 Å². The van der Waals surface area contributed by atoms with Crippen LogP contribution in [0.1, 0.15) is 71.5 Å². The third kappa shape index (κ3) is 3.63. The molecular weight excluding hydrogens is 246 g/mol. The highest BCUT2D eigenvalue weighted by molar-refractivity contribution is 5.09. The quantitative estimate of drug-likeness (QED) is 0.846. The van der Waals surface area contributed by atoms with Gasteiger partial charge in [0.15, 0.2) is 0 Å². The van der Waals surface area contributed by atoms with Crippen molar-refractivity contribution in [3.05, 3.63) is 18.0 Å². The Hall–Kier alpha value is -0.830. The molecule has 1 saturated carbocycles. The van der Waals surface area contributed by atoms with Crippen molar-refractivity contribution < 1.29 is 0 Å². The molecule has 1 aliphatic rings. The SMILES string of the molecule is CCCn1nccc1C(NCC)C1CCC(C)(C)CC1. The third-order valence-corrected chi connectivity index (χ3v) is 4.78. The first kappa shape index (κ1) is 15.6. The second-order valence-corrected chi connectivity index (χ2v) is 7.02. The van der Waals surface area contributed by atoms with Gasteiger partial charge in [-0.2, -0.15) is 5.10 Å². The number of hydrogen-bond donors (Lipinski definition) is 1. The van der Waals surface area contributed by atoms with E-state index in [0.29, 0.717) is 11.5 Å². The van der Waals surface area contributed by atoms with Crippen molar-refractivity contribution in [3.8, 4) is 0 Å². The Labute approximate surface area is 124 Å². The summed E-state index contributed by atoms with van der Waals surface area (Å²) in [6, 6.07) is 2.69. The zero-order chi connectivity index (χ0) is 14.6. The van der Waals surface area contributed by atoms with Gasteiger partial charge < -0.3 is 5.32 Å². The van der Waals surface area contributed by atoms with Gasteiger partial charge in [0.25, 0.3) is 0 Å². The van der Waals surface area contributed by atoms with Crippen molar-refractivity contribution in [1.29, 1.82) is 0 Å². The van der Waals surface area contributed by atoms with Crippen LogP contribution in [0.2, 0.25) is 0 Å². The molecule has 3 nitrogen and oxygen atoms in total. The van der Waals surface area contributed by atoms with Crippen LogP contribution in [0, 0.1) is 11.3 Å². The maximum atomic E-state index is 4.51. The maximum absolute atomic E-state index is 4.51. The van der Waals surface area contributed by atoms with Crippen LogP contribution in [0.3, 0.4) is 0 Å². The van der Waals surface area contributed by atoms with Crippen molar-refractivity contribution in [2.24, 2.45) is 11.3 Å². The molecule has 1 aromatic rings. The summed E-state index contributed by atoms with van der Waals surface area (Å²) in [7, 11) is 0. The van der Waals surface area contributed by atoms with E-state index in [0.717, 1.165) is 25.4 Å². The lowest BCUT2D eigenvalue weighted by Crippen LogP contribution is -2.34. The van der Waals surface area contributed by atoms with Gasteiger partial charge in [-0.1, -0.05) is 27.7 Å². The lowest BCUT2D eigenvalue weighted by molar-refractivity contribution is 0.158. The van der Waals surface area contributed by atoms with Gasteiger partial charge in [-0.15, -0.1) is 0 Å². The highest BCUT2D eigenvalue weighted by atomic mass is 15.3. The summed E-state index contributed by atoms with van der Waals surface area (Å²) in [6.07, 6.45) is 8.47. The summed E-state index contributed by atoms with van der Waals surface area (Å²) in [5, 5.41) is 8.23. The molecule has 1 aromatic heterocycles. The van der Waals surface area contributed by atoms with Crippen molar-refractivity contribution >= 4 is 0 Å². The van der Waals surface area contributed by atoms with Crippen LogP contribution >= 0.6 is 0 Å². The van der Waals surface area contributed by atoms with E-state index in [-0.39, 0.29) is 0 Å². The minimum absolute atomic E-state index is 0.477. The molecular formula is C17H31N3. The third-order valence-electron chi connectivity index (χ3n) is 4.78. The Morgan fingerprint density at radius 2 is 2.05 bits per heavy atom. The highest BCUT2D eigenvalue weighted by Crippen LogP contribution is 2.42. The molecule has 0 aromatic carbocycles. The highest BCUT2D eigenvalue weighted by Gasteiger charge is 2.32. The summed E-state index contributed by atoms with van der Waals surface area (Å²) in [5.74, 6) is 0.760. The normalized spacial score (nSPS) is 21.0. The fourth-order valence-corrected chi connectivity index (χ4v) is 3.49. The van der Waals surface area contributed by atoms with Gasteiger partial charge in [0.05, 0.1) is 11.7 Å². The summed E-state index contributed by atoms with van der Waals surface area (Å²) < 4.78 is 2.20. The Morgan fingerprint density at radius 1 is 1.35 bits per heavy atom. The second-order valence-electron chi connectivity index (χ2n) is 7.02. The van der Waals surface area contributed by atoms with Crippen LogP contribution in [-0.4, -0.2) is 16.3 Å². The van der Waals surface area contributed by atoms with Crippen LogP contribution in [-0.2, 0) is 6.54 Å². The van der Waals surface area contributed by atoms with Crippen LogP contribution in [0.25, 0.3) is 0 Å². The molecule has 20 heavy (non-hydrogen) atoms. The van der Waals surface area contributed by atoms with Gasteiger partial charge in [0.2, 0.25) is 0 Å². The zero-order valence-corrected chi connectivity index (χ0v) is 13.7. The first-order valence-corrected chi connectivity index (χ1v) is 8.32. The zero-order valence-electron chi connectivity index (χ0n) is 13.7. The average Bonchev–Trinajstić information content (AvgIpc) is 2.85. The molecule has 1 heterocycles. The van der Waals surface area contributed by atoms with Crippen LogP contribution < -0.4 is 5.32 Å². The lowest BCUT2D eigenvalue weighted by Gasteiger charge is -2.38. The molecule has 3 heteroatoms. The largest absolute Gasteiger partial charge is 0.309 e. The Balaban J connectivity index is 2.12. The molecule has 1 atom stereocenters. The fourth-order valence-electron chi connectivity index (χ4n) is 3.49. The van der Waals surface area contributed by atoms with Crippen molar-refractivity contribution in [1.82, 2.24) is 15.1 Å². The molecule has 0 radical (unpaired) electrons. The van der Waals surface area contributed by atoms with Gasteiger partial charge in [-0.3, -0.25) is 4.68 Å². The monoisotopic (exact) mass is 277 g/mol. The number of aromatic nitrogens is 2. The smallest absolute Gasteiger partial charge is 0.0556 e. The van der Waals surface area contributed by atoms with E-state index < -0.39 is 0 Å². The maximum Gasteiger partial charge on any atom is 0.0556 e. The van der Waals surface area contributed by atoms with Gasteiger partial charge in [0.1, 0.15) is 0 Å². The summed E-state index contributed by atoms with van der Waals surface area (Å²) in [6.45, 7) is 11.3. The van der Waals surface area contributed by atoms with Crippen LogP contribution in [0.5, 0.6) is 0 Å². The summed E-state index contributed by atoms with van der Waals surface area (Å²) in [4.78, 5) is 0. The molecule has 114 valence electrons. The minimum atomic E-state index is 0.477.